The Bertz CT molecular complexity index is 384. The minimum atomic E-state index is 0.0766. The second-order valence-electron chi connectivity index (χ2n) is 4.49. The molecule has 0 aromatic heterocycles. The van der Waals surface area contributed by atoms with E-state index < -0.39 is 0 Å². The maximum atomic E-state index is 9.13. The Kier molecular flexibility index (Phi) is 4.42. The molecule has 1 heterocycles. The Morgan fingerprint density at radius 2 is 2.35 bits per heavy atom. The molecule has 1 unspecified atom stereocenters. The predicted octanol–water partition coefficient (Wildman–Crippen LogP) is 2.41. The zero-order valence-corrected chi connectivity index (χ0v) is 11.6. The number of rotatable bonds is 4. The van der Waals surface area contributed by atoms with E-state index in [1.54, 1.807) is 7.11 Å². The fraction of sp³-hybridized carbons (Fsp3) is 0.538. The number of ether oxygens (including phenoxy) is 1. The van der Waals surface area contributed by atoms with Crippen LogP contribution in [-0.2, 0) is 11.3 Å². The van der Waals surface area contributed by atoms with E-state index in [0.29, 0.717) is 5.92 Å². The Morgan fingerprint density at radius 1 is 1.53 bits per heavy atom. The molecule has 0 bridgehead atoms. The third kappa shape index (κ3) is 3.00. The molecule has 1 fully saturated rings. The lowest BCUT2D eigenvalue weighted by Crippen LogP contribution is -2.20. The Hall–Kier alpha value is -0.580. The van der Waals surface area contributed by atoms with Crippen molar-refractivity contribution < 1.29 is 9.84 Å². The topological polar surface area (TPSA) is 32.7 Å². The van der Waals surface area contributed by atoms with Gasteiger partial charge in [0.25, 0.3) is 0 Å². The average Bonchev–Trinajstić information content (AvgIpc) is 2.78. The van der Waals surface area contributed by atoms with Crippen LogP contribution in [0.3, 0.4) is 0 Å². The lowest BCUT2D eigenvalue weighted by atomic mass is 10.1. The van der Waals surface area contributed by atoms with E-state index in [9.17, 15) is 0 Å². The molecule has 1 saturated heterocycles. The van der Waals surface area contributed by atoms with Gasteiger partial charge in [0, 0.05) is 36.3 Å². The second-order valence-corrected chi connectivity index (χ2v) is 5.34. The molecule has 1 N–H and O–H groups in total. The molecule has 17 heavy (non-hydrogen) atoms. The Balaban J connectivity index is 2.06. The van der Waals surface area contributed by atoms with Crippen LogP contribution in [0.25, 0.3) is 0 Å². The van der Waals surface area contributed by atoms with Crippen LogP contribution in [-0.4, -0.2) is 31.9 Å². The van der Waals surface area contributed by atoms with Gasteiger partial charge in [0.2, 0.25) is 0 Å². The van der Waals surface area contributed by atoms with Gasteiger partial charge in [-0.2, -0.15) is 0 Å². The highest BCUT2D eigenvalue weighted by Gasteiger charge is 2.22. The van der Waals surface area contributed by atoms with Crippen molar-refractivity contribution in [2.45, 2.75) is 13.0 Å². The van der Waals surface area contributed by atoms with E-state index in [0.717, 1.165) is 29.7 Å². The zero-order chi connectivity index (χ0) is 12.3. The van der Waals surface area contributed by atoms with Crippen LogP contribution < -0.4 is 4.90 Å². The van der Waals surface area contributed by atoms with Gasteiger partial charge in [-0.1, -0.05) is 22.0 Å². The van der Waals surface area contributed by atoms with Crippen molar-refractivity contribution in [2.75, 3.05) is 31.7 Å². The lowest BCUT2D eigenvalue weighted by Gasteiger charge is -2.19. The van der Waals surface area contributed by atoms with E-state index in [2.05, 4.69) is 33.0 Å². The Morgan fingerprint density at radius 3 is 3.00 bits per heavy atom. The van der Waals surface area contributed by atoms with Gasteiger partial charge in [0.1, 0.15) is 0 Å². The van der Waals surface area contributed by atoms with E-state index in [4.69, 9.17) is 9.84 Å². The SMILES string of the molecule is COCC1CCN(c2ccc(CO)c(Br)c2)C1. The smallest absolute Gasteiger partial charge is 0.0692 e. The van der Waals surface area contributed by atoms with Gasteiger partial charge in [0.05, 0.1) is 13.2 Å². The summed E-state index contributed by atoms with van der Waals surface area (Å²) >= 11 is 3.49. The highest BCUT2D eigenvalue weighted by molar-refractivity contribution is 9.10. The molecule has 1 aliphatic heterocycles. The van der Waals surface area contributed by atoms with Crippen LogP contribution >= 0.6 is 15.9 Å². The normalized spacial score (nSPS) is 19.9. The van der Waals surface area contributed by atoms with Crippen molar-refractivity contribution in [3.63, 3.8) is 0 Å². The minimum Gasteiger partial charge on any atom is -0.392 e. The third-order valence-corrected chi connectivity index (χ3v) is 4.00. The number of anilines is 1. The first-order valence-electron chi connectivity index (χ1n) is 5.87. The van der Waals surface area contributed by atoms with Crippen molar-refractivity contribution in [1.29, 1.82) is 0 Å². The highest BCUT2D eigenvalue weighted by atomic mass is 79.9. The first-order valence-corrected chi connectivity index (χ1v) is 6.67. The van der Waals surface area contributed by atoms with Crippen LogP contribution in [0.1, 0.15) is 12.0 Å². The quantitative estimate of drug-likeness (QED) is 0.927. The first-order chi connectivity index (χ1) is 8.24. The highest BCUT2D eigenvalue weighted by Crippen LogP contribution is 2.28. The molecular formula is C13H18BrNO2. The summed E-state index contributed by atoms with van der Waals surface area (Å²) in [6.07, 6.45) is 1.19. The average molecular weight is 300 g/mol. The molecule has 1 atom stereocenters. The van der Waals surface area contributed by atoms with Crippen molar-refractivity contribution in [1.82, 2.24) is 0 Å². The molecule has 1 aliphatic rings. The standard InChI is InChI=1S/C13H18BrNO2/c1-17-9-10-4-5-15(7-10)12-3-2-11(8-16)13(14)6-12/h2-3,6,10,16H,4-5,7-9H2,1H3. The molecule has 1 aromatic rings. The number of hydrogen-bond acceptors (Lipinski definition) is 3. The van der Waals surface area contributed by atoms with E-state index in [1.165, 1.54) is 12.1 Å². The summed E-state index contributed by atoms with van der Waals surface area (Å²) in [4.78, 5) is 2.37. The lowest BCUT2D eigenvalue weighted by molar-refractivity contribution is 0.161. The molecule has 2 rings (SSSR count). The van der Waals surface area contributed by atoms with Gasteiger partial charge < -0.3 is 14.7 Å². The molecule has 0 saturated carbocycles. The van der Waals surface area contributed by atoms with Crippen LogP contribution in [0.15, 0.2) is 22.7 Å². The first kappa shape index (κ1) is 12.9. The van der Waals surface area contributed by atoms with E-state index >= 15 is 0 Å². The number of nitrogens with zero attached hydrogens (tertiary/aromatic N) is 1. The summed E-state index contributed by atoms with van der Waals surface area (Å²) in [5.41, 5.74) is 2.15. The number of aliphatic hydroxyl groups excluding tert-OH is 1. The molecular weight excluding hydrogens is 282 g/mol. The minimum absolute atomic E-state index is 0.0766. The fourth-order valence-electron chi connectivity index (χ4n) is 2.30. The summed E-state index contributed by atoms with van der Waals surface area (Å²) < 4.78 is 6.18. The van der Waals surface area contributed by atoms with Gasteiger partial charge in [-0.05, 0) is 24.1 Å². The molecule has 4 heteroatoms. The number of halogens is 1. The number of benzene rings is 1. The van der Waals surface area contributed by atoms with Gasteiger partial charge in [-0.15, -0.1) is 0 Å². The number of hydrogen-bond donors (Lipinski definition) is 1. The molecule has 0 spiro atoms. The molecule has 0 radical (unpaired) electrons. The summed E-state index contributed by atoms with van der Waals surface area (Å²) in [5.74, 6) is 0.635. The second kappa shape index (κ2) is 5.85. The van der Waals surface area contributed by atoms with Gasteiger partial charge >= 0.3 is 0 Å². The van der Waals surface area contributed by atoms with E-state index in [1.807, 2.05) is 6.07 Å². The molecule has 0 amide bonds. The predicted molar refractivity (Wildman–Crippen MR) is 72.3 cm³/mol. The molecule has 3 nitrogen and oxygen atoms in total. The maximum Gasteiger partial charge on any atom is 0.0692 e. The third-order valence-electron chi connectivity index (χ3n) is 3.26. The van der Waals surface area contributed by atoms with Crippen LogP contribution in [0.4, 0.5) is 5.69 Å². The molecule has 94 valence electrons. The summed E-state index contributed by atoms with van der Waals surface area (Å²) in [5, 5.41) is 9.13. The van der Waals surface area contributed by atoms with Crippen LogP contribution in [0, 0.1) is 5.92 Å². The number of methoxy groups -OCH3 is 1. The Labute approximate surface area is 111 Å². The van der Waals surface area contributed by atoms with Crippen molar-refractivity contribution >= 4 is 21.6 Å². The largest absolute Gasteiger partial charge is 0.392 e. The van der Waals surface area contributed by atoms with Gasteiger partial charge in [-0.25, -0.2) is 0 Å². The van der Waals surface area contributed by atoms with Crippen molar-refractivity contribution in [3.05, 3.63) is 28.2 Å². The summed E-state index contributed by atoms with van der Waals surface area (Å²) in [6.45, 7) is 3.05. The van der Waals surface area contributed by atoms with Crippen molar-refractivity contribution in [2.24, 2.45) is 5.92 Å². The summed E-state index contributed by atoms with van der Waals surface area (Å²) in [6, 6.07) is 6.13. The molecule has 0 aliphatic carbocycles. The fourth-order valence-corrected chi connectivity index (χ4v) is 2.79. The number of aliphatic hydroxyl groups is 1. The summed E-state index contributed by atoms with van der Waals surface area (Å²) in [7, 11) is 1.76. The zero-order valence-electron chi connectivity index (χ0n) is 10.0. The van der Waals surface area contributed by atoms with Gasteiger partial charge in [-0.3, -0.25) is 0 Å². The van der Waals surface area contributed by atoms with Crippen LogP contribution in [0.5, 0.6) is 0 Å². The monoisotopic (exact) mass is 299 g/mol. The molecule has 1 aromatic carbocycles. The van der Waals surface area contributed by atoms with Crippen LogP contribution in [0.2, 0.25) is 0 Å². The van der Waals surface area contributed by atoms with Crippen molar-refractivity contribution in [3.8, 4) is 0 Å². The maximum absolute atomic E-state index is 9.13. The van der Waals surface area contributed by atoms with Gasteiger partial charge in [0.15, 0.2) is 0 Å². The van der Waals surface area contributed by atoms with E-state index in [-0.39, 0.29) is 6.61 Å².